The van der Waals surface area contributed by atoms with E-state index in [9.17, 15) is 14.4 Å². The summed E-state index contributed by atoms with van der Waals surface area (Å²) in [6, 6.07) is 8.31. The Morgan fingerprint density at radius 3 is 2.58 bits per heavy atom. The number of carbonyl (C=O) groups excluding carboxylic acids is 3. The van der Waals surface area contributed by atoms with Crippen LogP contribution in [0.4, 0.5) is 0 Å². The van der Waals surface area contributed by atoms with Gasteiger partial charge in [0.2, 0.25) is 0 Å². The Morgan fingerprint density at radius 2 is 1.85 bits per heavy atom. The Hall–Kier alpha value is -2.37. The van der Waals surface area contributed by atoms with Gasteiger partial charge >= 0.3 is 17.9 Å². The predicted octanol–water partition coefficient (Wildman–Crippen LogP) is 4.19. The van der Waals surface area contributed by atoms with Gasteiger partial charge in [-0.1, -0.05) is 31.2 Å². The average Bonchev–Trinajstić information content (AvgIpc) is 3.49. The minimum absolute atomic E-state index is 0.0853. The van der Waals surface area contributed by atoms with E-state index in [0.717, 1.165) is 12.8 Å². The molecule has 5 rings (SSSR count). The van der Waals surface area contributed by atoms with Crippen LogP contribution in [0.1, 0.15) is 70.9 Å². The summed E-state index contributed by atoms with van der Waals surface area (Å²) in [5.41, 5.74) is 1.21. The summed E-state index contributed by atoms with van der Waals surface area (Å²) in [5, 5.41) is 0. The lowest BCUT2D eigenvalue weighted by Crippen LogP contribution is -2.47. The van der Waals surface area contributed by atoms with Crippen LogP contribution in [0, 0.1) is 29.1 Å². The highest BCUT2D eigenvalue weighted by atomic mass is 16.6. The van der Waals surface area contributed by atoms with Crippen LogP contribution in [0.3, 0.4) is 0 Å². The summed E-state index contributed by atoms with van der Waals surface area (Å²) in [5.74, 6) is -2.37. The summed E-state index contributed by atoms with van der Waals surface area (Å²) < 4.78 is 17.7. The zero-order valence-electron chi connectivity index (χ0n) is 20.1. The Morgan fingerprint density at radius 1 is 1.12 bits per heavy atom. The molecule has 4 aliphatic rings. The molecular weight excluding hydrogens is 420 g/mol. The first-order valence-corrected chi connectivity index (χ1v) is 12.3. The van der Waals surface area contributed by atoms with Crippen molar-refractivity contribution in [2.24, 2.45) is 29.1 Å². The molecule has 1 heterocycles. The molecule has 7 atom stereocenters. The topological polar surface area (TPSA) is 78.9 Å². The Bertz CT molecular complexity index is 994. The lowest BCUT2D eigenvalue weighted by molar-refractivity contribution is -0.178. The highest BCUT2D eigenvalue weighted by molar-refractivity contribution is 5.86. The molecule has 6 heteroatoms. The van der Waals surface area contributed by atoms with E-state index in [2.05, 4.69) is 12.1 Å². The fourth-order valence-corrected chi connectivity index (χ4v) is 6.57. The molecule has 0 radical (unpaired) electrons. The Balaban J connectivity index is 1.36. The summed E-state index contributed by atoms with van der Waals surface area (Å²) in [6.07, 6.45) is 2.17. The minimum Gasteiger partial charge on any atom is -0.459 e. The van der Waals surface area contributed by atoms with Crippen LogP contribution in [0.25, 0.3) is 0 Å². The van der Waals surface area contributed by atoms with E-state index in [0.29, 0.717) is 12.8 Å². The normalized spacial score (nSPS) is 34.2. The molecule has 3 fully saturated rings. The number of aryl methyl sites for hydroxylation is 1. The van der Waals surface area contributed by atoms with Crippen molar-refractivity contribution in [1.82, 2.24) is 0 Å². The van der Waals surface area contributed by atoms with Crippen LogP contribution in [0.15, 0.2) is 24.3 Å². The van der Waals surface area contributed by atoms with E-state index < -0.39 is 35.1 Å². The smallest absolute Gasteiger partial charge is 0.311 e. The summed E-state index contributed by atoms with van der Waals surface area (Å²) in [6.45, 7) is 9.56. The monoisotopic (exact) mass is 454 g/mol. The van der Waals surface area contributed by atoms with Crippen molar-refractivity contribution < 1.29 is 28.6 Å². The zero-order valence-corrected chi connectivity index (χ0v) is 20.1. The predicted molar refractivity (Wildman–Crippen MR) is 120 cm³/mol. The van der Waals surface area contributed by atoms with Crippen LogP contribution in [-0.4, -0.2) is 35.7 Å². The van der Waals surface area contributed by atoms with E-state index >= 15 is 0 Å². The van der Waals surface area contributed by atoms with Gasteiger partial charge < -0.3 is 14.2 Å². The van der Waals surface area contributed by atoms with Crippen LogP contribution in [-0.2, 0) is 35.0 Å². The molecule has 1 aromatic carbocycles. The number of hydrogen-bond donors (Lipinski definition) is 0. The molecule has 1 saturated heterocycles. The van der Waals surface area contributed by atoms with Gasteiger partial charge in [0, 0.05) is 17.8 Å². The van der Waals surface area contributed by atoms with Gasteiger partial charge in [-0.15, -0.1) is 0 Å². The molecule has 1 aromatic rings. The third-order valence-corrected chi connectivity index (χ3v) is 8.83. The van der Waals surface area contributed by atoms with Crippen molar-refractivity contribution in [3.05, 3.63) is 35.4 Å². The van der Waals surface area contributed by atoms with Gasteiger partial charge in [0.1, 0.15) is 17.8 Å². The number of esters is 3. The number of fused-ring (bicyclic) bond motifs is 2. The summed E-state index contributed by atoms with van der Waals surface area (Å²) in [4.78, 5) is 39.1. The van der Waals surface area contributed by atoms with E-state index in [1.165, 1.54) is 11.1 Å². The molecule has 7 unspecified atom stereocenters. The van der Waals surface area contributed by atoms with Gasteiger partial charge in [-0.2, -0.15) is 0 Å². The quantitative estimate of drug-likeness (QED) is 0.474. The van der Waals surface area contributed by atoms with Gasteiger partial charge in [-0.25, -0.2) is 0 Å². The van der Waals surface area contributed by atoms with Crippen LogP contribution in [0.5, 0.6) is 0 Å². The van der Waals surface area contributed by atoms with Crippen LogP contribution in [0.2, 0.25) is 0 Å². The second-order valence-corrected chi connectivity index (χ2v) is 11.4. The molecule has 2 bridgehead atoms. The third-order valence-electron chi connectivity index (χ3n) is 8.83. The fraction of sp³-hybridized carbons (Fsp3) is 0.667. The number of hydrogen-bond acceptors (Lipinski definition) is 6. The Kier molecular flexibility index (Phi) is 5.15. The third kappa shape index (κ3) is 3.39. The first-order chi connectivity index (χ1) is 15.5. The second-order valence-electron chi connectivity index (χ2n) is 11.4. The molecule has 0 amide bonds. The summed E-state index contributed by atoms with van der Waals surface area (Å²) in [7, 11) is 0. The molecular formula is C27H34O6. The molecule has 3 aliphatic carbocycles. The highest BCUT2D eigenvalue weighted by Gasteiger charge is 2.70. The standard InChI is InChI=1S/C27H34O6/c1-6-26(2,3)25(30)32-22-17-13-16-19(23(28)31-21(16)22)20(17)24(29)33-27(4,5)18-12-11-14-9-7-8-10-15(14)18/h7-10,16-22H,6,11-13H2,1-5H3. The first kappa shape index (κ1) is 22.4. The number of rotatable bonds is 6. The van der Waals surface area contributed by atoms with Crippen molar-refractivity contribution in [3.63, 3.8) is 0 Å². The van der Waals surface area contributed by atoms with Crippen LogP contribution >= 0.6 is 0 Å². The van der Waals surface area contributed by atoms with Gasteiger partial charge in [-0.3, -0.25) is 14.4 Å². The summed E-state index contributed by atoms with van der Waals surface area (Å²) >= 11 is 0. The van der Waals surface area contributed by atoms with Crippen molar-refractivity contribution >= 4 is 17.9 Å². The van der Waals surface area contributed by atoms with Crippen molar-refractivity contribution in [2.45, 2.75) is 84.0 Å². The van der Waals surface area contributed by atoms with E-state index in [1.807, 2.05) is 46.8 Å². The number of carbonyl (C=O) groups is 3. The number of ether oxygens (including phenoxy) is 3. The second kappa shape index (κ2) is 7.57. The van der Waals surface area contributed by atoms with E-state index in [4.69, 9.17) is 14.2 Å². The van der Waals surface area contributed by atoms with Crippen molar-refractivity contribution in [2.75, 3.05) is 0 Å². The largest absolute Gasteiger partial charge is 0.459 e. The molecule has 33 heavy (non-hydrogen) atoms. The maximum absolute atomic E-state index is 13.6. The van der Waals surface area contributed by atoms with Gasteiger partial charge in [0.05, 0.1) is 17.3 Å². The first-order valence-electron chi connectivity index (χ1n) is 12.3. The lowest BCUT2D eigenvalue weighted by atomic mass is 9.78. The average molecular weight is 455 g/mol. The van der Waals surface area contributed by atoms with Gasteiger partial charge in [-0.05, 0) is 64.5 Å². The maximum Gasteiger partial charge on any atom is 0.311 e. The molecule has 6 nitrogen and oxygen atoms in total. The maximum atomic E-state index is 13.6. The molecule has 1 aliphatic heterocycles. The van der Waals surface area contributed by atoms with Gasteiger partial charge in [0.25, 0.3) is 0 Å². The van der Waals surface area contributed by atoms with Crippen molar-refractivity contribution in [3.8, 4) is 0 Å². The molecule has 0 spiro atoms. The Labute approximate surface area is 195 Å². The fourth-order valence-electron chi connectivity index (χ4n) is 6.57. The molecule has 0 N–H and O–H groups in total. The SMILES string of the molecule is CCC(C)(C)C(=O)OC1C2CC3C1OC(=O)C3C2C(=O)OC(C)(C)C1CCc2ccccc21. The van der Waals surface area contributed by atoms with E-state index in [-0.39, 0.29) is 35.7 Å². The van der Waals surface area contributed by atoms with Crippen LogP contribution < -0.4 is 0 Å². The van der Waals surface area contributed by atoms with Gasteiger partial charge in [0.15, 0.2) is 0 Å². The molecule has 178 valence electrons. The van der Waals surface area contributed by atoms with Crippen molar-refractivity contribution in [1.29, 1.82) is 0 Å². The number of benzene rings is 1. The lowest BCUT2D eigenvalue weighted by Gasteiger charge is -2.36. The zero-order chi connectivity index (χ0) is 23.7. The minimum atomic E-state index is -0.705. The molecule has 0 aromatic heterocycles. The molecule has 2 saturated carbocycles. The van der Waals surface area contributed by atoms with E-state index in [1.54, 1.807) is 0 Å². The highest BCUT2D eigenvalue weighted by Crippen LogP contribution is 2.59.